The predicted octanol–water partition coefficient (Wildman–Crippen LogP) is 4.79. The molecule has 0 spiro atoms. The van der Waals surface area contributed by atoms with Gasteiger partial charge < -0.3 is 9.52 Å². The van der Waals surface area contributed by atoms with Gasteiger partial charge in [0.05, 0.1) is 29.3 Å². The third-order valence-corrected chi connectivity index (χ3v) is 7.01. The van der Waals surface area contributed by atoms with E-state index in [1.54, 1.807) is 19.3 Å². The molecule has 3 aromatic rings. The molecule has 0 aliphatic heterocycles. The van der Waals surface area contributed by atoms with Gasteiger partial charge in [0.25, 0.3) is 0 Å². The molecule has 6 heteroatoms. The van der Waals surface area contributed by atoms with Crippen molar-refractivity contribution in [3.63, 3.8) is 0 Å². The Kier molecular flexibility index (Phi) is 5.74. The maximum atomic E-state index is 12.6. The van der Waals surface area contributed by atoms with Crippen LogP contribution in [0.2, 0.25) is 0 Å². The highest BCUT2D eigenvalue weighted by atomic mass is 32.2. The van der Waals surface area contributed by atoms with Crippen molar-refractivity contribution in [2.45, 2.75) is 49.5 Å². The van der Waals surface area contributed by atoms with E-state index in [1.807, 2.05) is 43.3 Å². The highest BCUT2D eigenvalue weighted by Crippen LogP contribution is 2.49. The summed E-state index contributed by atoms with van der Waals surface area (Å²) in [4.78, 5) is 17.4. The summed E-state index contributed by atoms with van der Waals surface area (Å²) in [6, 6.07) is 15.9. The number of rotatable bonds is 5. The molecule has 2 aromatic heterocycles. The van der Waals surface area contributed by atoms with Gasteiger partial charge in [-0.1, -0.05) is 30.3 Å². The van der Waals surface area contributed by atoms with Gasteiger partial charge in [-0.25, -0.2) is 4.98 Å². The number of thioether (sulfide) groups is 1. The number of Topliss-reactive ketones (excluding diaryl/α,β-unsaturated/α-hetero) is 1. The van der Waals surface area contributed by atoms with Gasteiger partial charge in [0.1, 0.15) is 22.6 Å². The van der Waals surface area contributed by atoms with Gasteiger partial charge >= 0.3 is 0 Å². The minimum atomic E-state index is -1.31. The van der Waals surface area contributed by atoms with Crippen LogP contribution < -0.4 is 0 Å². The number of hydrogen-bond donors (Lipinski definition) is 1. The number of aromatic nitrogens is 1. The van der Waals surface area contributed by atoms with Gasteiger partial charge in [0, 0.05) is 17.9 Å². The Bertz CT molecular complexity index is 1150. The van der Waals surface area contributed by atoms with Crippen molar-refractivity contribution in [2.24, 2.45) is 5.92 Å². The normalized spacial score (nSPS) is 22.5. The van der Waals surface area contributed by atoms with Crippen molar-refractivity contribution < 1.29 is 14.3 Å². The average molecular weight is 433 g/mol. The summed E-state index contributed by atoms with van der Waals surface area (Å²) in [6.45, 7) is 5.07. The van der Waals surface area contributed by atoms with E-state index >= 15 is 0 Å². The van der Waals surface area contributed by atoms with Crippen LogP contribution in [-0.2, 0) is 17.0 Å². The second kappa shape index (κ2) is 8.33. The lowest BCUT2D eigenvalue weighted by Gasteiger charge is -2.42. The van der Waals surface area contributed by atoms with Gasteiger partial charge in [-0.15, -0.1) is 11.8 Å². The van der Waals surface area contributed by atoms with Crippen LogP contribution in [-0.4, -0.2) is 21.5 Å². The van der Waals surface area contributed by atoms with Crippen LogP contribution in [0.25, 0.3) is 0 Å². The quantitative estimate of drug-likeness (QED) is 0.583. The van der Waals surface area contributed by atoms with E-state index in [0.29, 0.717) is 22.1 Å². The molecule has 1 aliphatic rings. The van der Waals surface area contributed by atoms with Crippen molar-refractivity contribution in [3.05, 3.63) is 82.4 Å². The van der Waals surface area contributed by atoms with E-state index in [1.165, 1.54) is 18.7 Å². The first-order chi connectivity index (χ1) is 14.8. The van der Waals surface area contributed by atoms with Crippen LogP contribution >= 0.6 is 11.8 Å². The van der Waals surface area contributed by atoms with Crippen LogP contribution in [0.15, 0.2) is 58.2 Å². The molecule has 4 rings (SSSR count). The molecule has 5 nitrogen and oxygen atoms in total. The number of pyridine rings is 1. The molecule has 158 valence electrons. The minimum absolute atomic E-state index is 0.113. The van der Waals surface area contributed by atoms with Crippen molar-refractivity contribution in [2.75, 3.05) is 0 Å². The topological polar surface area (TPSA) is 87.1 Å². The fraction of sp³-hybridized carbons (Fsp3) is 0.320. The summed E-state index contributed by atoms with van der Waals surface area (Å²) in [5.41, 5.74) is 2.65. The lowest BCUT2D eigenvalue weighted by Crippen LogP contribution is -2.48. The Hall–Kier alpha value is -2.88. The largest absolute Gasteiger partial charge is 0.469 e. The van der Waals surface area contributed by atoms with E-state index in [0.717, 1.165) is 22.4 Å². The van der Waals surface area contributed by atoms with E-state index in [9.17, 15) is 15.2 Å². The molecule has 0 saturated heterocycles. The molecule has 1 aliphatic carbocycles. The number of aryl methyl sites for hydroxylation is 1. The Morgan fingerprint density at radius 3 is 2.68 bits per heavy atom. The SMILES string of the molecule is CC(=O)C1C(c2ccco2)c2c(C)nc(SCc3ccccc3)c(C#N)c2CC1(C)O. The zero-order chi connectivity index (χ0) is 22.2. The molecule has 0 radical (unpaired) electrons. The number of carbonyl (C=O) groups excluding carboxylic acids is 1. The Morgan fingerprint density at radius 1 is 1.32 bits per heavy atom. The van der Waals surface area contributed by atoms with Crippen molar-refractivity contribution in [1.29, 1.82) is 5.26 Å². The fourth-order valence-electron chi connectivity index (χ4n) is 4.73. The van der Waals surface area contributed by atoms with Gasteiger partial charge in [0.2, 0.25) is 0 Å². The molecule has 0 bridgehead atoms. The molecule has 1 aromatic carbocycles. The van der Waals surface area contributed by atoms with Crippen LogP contribution in [0.5, 0.6) is 0 Å². The molecular formula is C25H24N2O3S. The highest BCUT2D eigenvalue weighted by molar-refractivity contribution is 7.98. The standard InChI is InChI=1S/C25H24N2O3S/c1-15-21-18(19(13-26)24(27-15)31-14-17-8-5-4-6-9-17)12-25(3,29)23(16(2)28)22(21)20-10-7-11-30-20/h4-11,22-23,29H,12,14H2,1-3H3. The first kappa shape index (κ1) is 21.4. The summed E-state index contributed by atoms with van der Waals surface area (Å²) in [6.07, 6.45) is 1.78. The summed E-state index contributed by atoms with van der Waals surface area (Å²) in [5.74, 6) is 0.00637. The number of benzene rings is 1. The first-order valence-electron chi connectivity index (χ1n) is 10.2. The second-order valence-electron chi connectivity index (χ2n) is 8.27. The lowest BCUT2D eigenvalue weighted by atomic mass is 9.64. The van der Waals surface area contributed by atoms with E-state index in [2.05, 4.69) is 6.07 Å². The molecule has 2 heterocycles. The van der Waals surface area contributed by atoms with Crippen molar-refractivity contribution in [3.8, 4) is 6.07 Å². The van der Waals surface area contributed by atoms with Gasteiger partial charge in [-0.2, -0.15) is 5.26 Å². The number of fused-ring (bicyclic) bond motifs is 1. The van der Waals surface area contributed by atoms with Gasteiger partial charge in [0.15, 0.2) is 0 Å². The van der Waals surface area contributed by atoms with Gasteiger partial charge in [-0.05, 0) is 49.6 Å². The molecule has 0 saturated carbocycles. The number of furan rings is 1. The summed E-state index contributed by atoms with van der Waals surface area (Å²) >= 11 is 1.51. The second-order valence-corrected chi connectivity index (χ2v) is 9.24. The van der Waals surface area contributed by atoms with E-state index < -0.39 is 17.4 Å². The average Bonchev–Trinajstić information content (AvgIpc) is 3.25. The smallest absolute Gasteiger partial charge is 0.136 e. The van der Waals surface area contributed by atoms with Crippen LogP contribution in [0, 0.1) is 24.2 Å². The Balaban J connectivity index is 1.86. The minimum Gasteiger partial charge on any atom is -0.469 e. The maximum absolute atomic E-state index is 12.6. The lowest BCUT2D eigenvalue weighted by molar-refractivity contribution is -0.131. The van der Waals surface area contributed by atoms with Crippen LogP contribution in [0.4, 0.5) is 0 Å². The van der Waals surface area contributed by atoms with Crippen molar-refractivity contribution in [1.82, 2.24) is 4.98 Å². The number of aliphatic hydroxyl groups is 1. The molecule has 1 N–H and O–H groups in total. The number of ketones is 1. The molecule has 3 atom stereocenters. The molecule has 0 fully saturated rings. The third kappa shape index (κ3) is 3.91. The number of hydrogen-bond acceptors (Lipinski definition) is 6. The Labute approximate surface area is 186 Å². The monoisotopic (exact) mass is 432 g/mol. The van der Waals surface area contributed by atoms with Gasteiger partial charge in [-0.3, -0.25) is 4.79 Å². The Morgan fingerprint density at radius 2 is 2.06 bits per heavy atom. The number of carbonyl (C=O) groups is 1. The highest BCUT2D eigenvalue weighted by Gasteiger charge is 2.49. The van der Waals surface area contributed by atoms with Crippen LogP contribution in [0.3, 0.4) is 0 Å². The predicted molar refractivity (Wildman–Crippen MR) is 119 cm³/mol. The van der Waals surface area contributed by atoms with E-state index in [4.69, 9.17) is 9.40 Å². The zero-order valence-electron chi connectivity index (χ0n) is 17.8. The third-order valence-electron chi connectivity index (χ3n) is 5.97. The fourth-order valence-corrected chi connectivity index (χ4v) is 5.74. The summed E-state index contributed by atoms with van der Waals surface area (Å²) in [5, 5.41) is 22.0. The summed E-state index contributed by atoms with van der Waals surface area (Å²) in [7, 11) is 0. The first-order valence-corrected chi connectivity index (χ1v) is 11.2. The number of nitriles is 1. The van der Waals surface area contributed by atoms with Crippen LogP contribution in [0.1, 0.15) is 53.5 Å². The van der Waals surface area contributed by atoms with E-state index in [-0.39, 0.29) is 12.2 Å². The zero-order valence-corrected chi connectivity index (χ0v) is 18.6. The maximum Gasteiger partial charge on any atom is 0.136 e. The molecule has 0 amide bonds. The summed E-state index contributed by atoms with van der Waals surface area (Å²) < 4.78 is 5.69. The molecule has 31 heavy (non-hydrogen) atoms. The number of nitrogens with zero attached hydrogens (tertiary/aromatic N) is 2. The molecular weight excluding hydrogens is 408 g/mol. The molecule has 3 unspecified atom stereocenters. The van der Waals surface area contributed by atoms with Crippen molar-refractivity contribution >= 4 is 17.5 Å².